The molecular formula is C12H13BrO3. The zero-order valence-electron chi connectivity index (χ0n) is 8.73. The molecule has 1 rings (SSSR count). The highest BCUT2D eigenvalue weighted by Gasteiger charge is 1.94. The van der Waals surface area contributed by atoms with Crippen molar-refractivity contribution in [3.8, 4) is 5.75 Å². The summed E-state index contributed by atoms with van der Waals surface area (Å²) < 4.78 is 5.46. The number of alkyl halides is 1. The van der Waals surface area contributed by atoms with E-state index in [9.17, 15) is 4.79 Å². The lowest BCUT2D eigenvalue weighted by molar-refractivity contribution is -0.131. The molecule has 0 heterocycles. The van der Waals surface area contributed by atoms with E-state index in [0.29, 0.717) is 6.61 Å². The molecule has 4 heteroatoms. The Balaban J connectivity index is 2.51. The summed E-state index contributed by atoms with van der Waals surface area (Å²) in [6.07, 6.45) is 3.62. The molecule has 0 unspecified atom stereocenters. The molecule has 0 radical (unpaired) electrons. The third-order valence-electron chi connectivity index (χ3n) is 1.85. The minimum Gasteiger partial charge on any atom is -0.494 e. The summed E-state index contributed by atoms with van der Waals surface area (Å²) in [5.74, 6) is -0.147. The number of hydrogen-bond donors (Lipinski definition) is 1. The summed E-state index contributed by atoms with van der Waals surface area (Å²) >= 11 is 3.32. The summed E-state index contributed by atoms with van der Waals surface area (Å²) in [5.41, 5.74) is 0.843. The molecule has 0 aliphatic heterocycles. The smallest absolute Gasteiger partial charge is 0.328 e. The molecular weight excluding hydrogens is 272 g/mol. The summed E-state index contributed by atoms with van der Waals surface area (Å²) in [6, 6.07) is 7.30. The van der Waals surface area contributed by atoms with Crippen LogP contribution in [0.25, 0.3) is 6.08 Å². The number of carboxylic acids is 1. The molecule has 0 bridgehead atoms. The Kier molecular flexibility index (Phi) is 5.64. The van der Waals surface area contributed by atoms with Crippen molar-refractivity contribution < 1.29 is 14.6 Å². The number of carboxylic acid groups (broad SMARTS) is 1. The highest BCUT2D eigenvalue weighted by atomic mass is 79.9. The summed E-state index contributed by atoms with van der Waals surface area (Å²) in [7, 11) is 0. The van der Waals surface area contributed by atoms with E-state index < -0.39 is 5.97 Å². The van der Waals surface area contributed by atoms with Crippen LogP contribution in [0.4, 0.5) is 0 Å². The maximum atomic E-state index is 10.3. The second kappa shape index (κ2) is 7.06. The molecule has 0 atom stereocenters. The van der Waals surface area contributed by atoms with Gasteiger partial charge in [0.2, 0.25) is 0 Å². The van der Waals surface area contributed by atoms with Crippen LogP contribution in [0.2, 0.25) is 0 Å². The van der Waals surface area contributed by atoms with Crippen molar-refractivity contribution in [2.24, 2.45) is 0 Å². The van der Waals surface area contributed by atoms with Gasteiger partial charge in [-0.1, -0.05) is 28.1 Å². The van der Waals surface area contributed by atoms with Crippen LogP contribution >= 0.6 is 15.9 Å². The molecule has 0 saturated carbocycles. The van der Waals surface area contributed by atoms with Gasteiger partial charge in [-0.05, 0) is 30.2 Å². The van der Waals surface area contributed by atoms with Crippen molar-refractivity contribution in [2.75, 3.05) is 11.9 Å². The van der Waals surface area contributed by atoms with Crippen LogP contribution < -0.4 is 4.74 Å². The summed E-state index contributed by atoms with van der Waals surface area (Å²) in [4.78, 5) is 10.3. The molecule has 0 saturated heterocycles. The predicted octanol–water partition coefficient (Wildman–Crippen LogP) is 2.95. The van der Waals surface area contributed by atoms with Crippen molar-refractivity contribution in [2.45, 2.75) is 6.42 Å². The lowest BCUT2D eigenvalue weighted by Crippen LogP contribution is -1.97. The maximum absolute atomic E-state index is 10.3. The molecule has 1 N–H and O–H groups in total. The predicted molar refractivity (Wildman–Crippen MR) is 67.0 cm³/mol. The number of aliphatic carboxylic acids is 1. The number of halogens is 1. The number of carbonyl (C=O) groups is 1. The average Bonchev–Trinajstić information content (AvgIpc) is 2.28. The van der Waals surface area contributed by atoms with Crippen molar-refractivity contribution >= 4 is 28.0 Å². The van der Waals surface area contributed by atoms with Crippen molar-refractivity contribution in [1.82, 2.24) is 0 Å². The number of ether oxygens (including phenoxy) is 1. The Morgan fingerprint density at radius 2 is 2.06 bits per heavy atom. The fourth-order valence-corrected chi connectivity index (χ4v) is 1.32. The standard InChI is InChI=1S/C12H13BrO3/c13-8-1-9-16-11-5-2-10(3-6-11)4-7-12(14)15/h2-7H,1,8-9H2,(H,14,15)/b7-4+. The number of benzene rings is 1. The van der Waals surface area contributed by atoms with Crippen LogP contribution in [0.5, 0.6) is 5.75 Å². The van der Waals surface area contributed by atoms with Crippen molar-refractivity contribution in [1.29, 1.82) is 0 Å². The van der Waals surface area contributed by atoms with Crippen LogP contribution in [0.15, 0.2) is 30.3 Å². The molecule has 0 aliphatic carbocycles. The van der Waals surface area contributed by atoms with E-state index in [1.807, 2.05) is 24.3 Å². The van der Waals surface area contributed by atoms with Crippen LogP contribution in [0.1, 0.15) is 12.0 Å². The summed E-state index contributed by atoms with van der Waals surface area (Å²) in [6.45, 7) is 0.676. The van der Waals surface area contributed by atoms with E-state index >= 15 is 0 Å². The second-order valence-corrected chi connectivity index (χ2v) is 3.92. The maximum Gasteiger partial charge on any atom is 0.328 e. The van der Waals surface area contributed by atoms with E-state index in [2.05, 4.69) is 15.9 Å². The molecule has 0 aliphatic rings. The molecule has 1 aromatic rings. The second-order valence-electron chi connectivity index (χ2n) is 3.13. The molecule has 0 aromatic heterocycles. The Morgan fingerprint density at radius 3 is 2.62 bits per heavy atom. The van der Waals surface area contributed by atoms with Gasteiger partial charge >= 0.3 is 5.97 Å². The van der Waals surface area contributed by atoms with Gasteiger partial charge in [-0.2, -0.15) is 0 Å². The largest absolute Gasteiger partial charge is 0.494 e. The van der Waals surface area contributed by atoms with E-state index in [0.717, 1.165) is 29.1 Å². The molecule has 1 aromatic carbocycles. The highest BCUT2D eigenvalue weighted by molar-refractivity contribution is 9.09. The van der Waals surface area contributed by atoms with Crippen LogP contribution in [0, 0.1) is 0 Å². The van der Waals surface area contributed by atoms with Crippen molar-refractivity contribution in [3.63, 3.8) is 0 Å². The fraction of sp³-hybridized carbons (Fsp3) is 0.250. The minimum absolute atomic E-state index is 0.676. The fourth-order valence-electron chi connectivity index (χ4n) is 1.09. The van der Waals surface area contributed by atoms with Crippen LogP contribution in [-0.2, 0) is 4.79 Å². The lowest BCUT2D eigenvalue weighted by atomic mass is 10.2. The molecule has 0 amide bonds. The normalized spacial score (nSPS) is 10.6. The van der Waals surface area contributed by atoms with E-state index in [1.165, 1.54) is 0 Å². The highest BCUT2D eigenvalue weighted by Crippen LogP contribution is 2.13. The van der Waals surface area contributed by atoms with Crippen molar-refractivity contribution in [3.05, 3.63) is 35.9 Å². The SMILES string of the molecule is O=C(O)/C=C/c1ccc(OCCCBr)cc1. The lowest BCUT2D eigenvalue weighted by Gasteiger charge is -2.04. The van der Waals surface area contributed by atoms with Gasteiger partial charge in [0.1, 0.15) is 5.75 Å². The van der Waals surface area contributed by atoms with Gasteiger partial charge in [0.25, 0.3) is 0 Å². The Morgan fingerprint density at radius 1 is 1.38 bits per heavy atom. The Hall–Kier alpha value is -1.29. The van der Waals surface area contributed by atoms with Gasteiger partial charge in [0.05, 0.1) is 6.61 Å². The molecule has 86 valence electrons. The number of rotatable bonds is 6. The first kappa shape index (κ1) is 12.8. The zero-order chi connectivity index (χ0) is 11.8. The molecule has 3 nitrogen and oxygen atoms in total. The molecule has 0 fully saturated rings. The Bertz CT molecular complexity index is 357. The first-order valence-corrected chi connectivity index (χ1v) is 6.04. The van der Waals surface area contributed by atoms with Crippen LogP contribution in [0.3, 0.4) is 0 Å². The Labute approximate surface area is 103 Å². The first-order chi connectivity index (χ1) is 7.72. The monoisotopic (exact) mass is 284 g/mol. The first-order valence-electron chi connectivity index (χ1n) is 4.92. The molecule has 0 spiro atoms. The van der Waals surface area contributed by atoms with E-state index in [-0.39, 0.29) is 0 Å². The van der Waals surface area contributed by atoms with Gasteiger partial charge in [-0.25, -0.2) is 4.79 Å². The topological polar surface area (TPSA) is 46.5 Å². The third kappa shape index (κ3) is 4.98. The quantitative estimate of drug-likeness (QED) is 0.496. The summed E-state index contributed by atoms with van der Waals surface area (Å²) in [5, 5.41) is 9.38. The van der Waals surface area contributed by atoms with Gasteiger partial charge in [-0.3, -0.25) is 0 Å². The van der Waals surface area contributed by atoms with E-state index in [1.54, 1.807) is 6.08 Å². The van der Waals surface area contributed by atoms with Gasteiger partial charge in [0, 0.05) is 11.4 Å². The minimum atomic E-state index is -0.947. The van der Waals surface area contributed by atoms with Gasteiger partial charge < -0.3 is 9.84 Å². The van der Waals surface area contributed by atoms with Crippen LogP contribution in [-0.4, -0.2) is 23.0 Å². The van der Waals surface area contributed by atoms with Gasteiger partial charge in [-0.15, -0.1) is 0 Å². The molecule has 16 heavy (non-hydrogen) atoms. The number of hydrogen-bond acceptors (Lipinski definition) is 2. The zero-order valence-corrected chi connectivity index (χ0v) is 10.3. The third-order valence-corrected chi connectivity index (χ3v) is 2.41. The average molecular weight is 285 g/mol. The van der Waals surface area contributed by atoms with Gasteiger partial charge in [0.15, 0.2) is 0 Å². The van der Waals surface area contributed by atoms with E-state index in [4.69, 9.17) is 9.84 Å².